The fourth-order valence-corrected chi connectivity index (χ4v) is 1.77. The van der Waals surface area contributed by atoms with Crippen LogP contribution in [0.5, 0.6) is 0 Å². The van der Waals surface area contributed by atoms with E-state index in [1.165, 1.54) is 12.2 Å². The van der Waals surface area contributed by atoms with Crippen LogP contribution in [0.15, 0.2) is 40.8 Å². The van der Waals surface area contributed by atoms with Crippen LogP contribution < -0.4 is 5.32 Å². The number of furan rings is 1. The Bertz CT molecular complexity index is 637. The van der Waals surface area contributed by atoms with Gasteiger partial charge >= 0.3 is 0 Å². The summed E-state index contributed by atoms with van der Waals surface area (Å²) in [5.41, 5.74) is -0.0786. The van der Waals surface area contributed by atoms with Crippen molar-refractivity contribution in [3.63, 3.8) is 0 Å². The highest BCUT2D eigenvalue weighted by Crippen LogP contribution is 2.15. The molecule has 6 heteroatoms. The predicted octanol–water partition coefficient (Wildman–Crippen LogP) is 3.81. The second kappa shape index (κ2) is 5.96. The van der Waals surface area contributed by atoms with Crippen LogP contribution in [0.4, 0.5) is 14.5 Å². The minimum Gasteiger partial charge on any atom is -0.451 e. The smallest absolute Gasteiger partial charge is 0.248 e. The Balaban J connectivity index is 2.03. The third-order valence-corrected chi connectivity index (χ3v) is 2.76. The summed E-state index contributed by atoms with van der Waals surface area (Å²) < 4.78 is 31.9. The lowest BCUT2D eigenvalue weighted by Crippen LogP contribution is -2.09. The molecule has 2 rings (SSSR count). The Morgan fingerprint density at radius 3 is 2.68 bits per heavy atom. The number of hydrogen-bond donors (Lipinski definition) is 1. The van der Waals surface area contributed by atoms with Gasteiger partial charge < -0.3 is 9.73 Å². The van der Waals surface area contributed by atoms with E-state index in [2.05, 4.69) is 5.32 Å². The molecule has 0 aliphatic heterocycles. The number of amides is 1. The maximum Gasteiger partial charge on any atom is 0.248 e. The van der Waals surface area contributed by atoms with Gasteiger partial charge in [-0.25, -0.2) is 8.78 Å². The lowest BCUT2D eigenvalue weighted by atomic mass is 10.3. The van der Waals surface area contributed by atoms with Crippen molar-refractivity contribution >= 4 is 40.3 Å². The summed E-state index contributed by atoms with van der Waals surface area (Å²) >= 11 is 2.00. The molecule has 0 unspecified atom stereocenters. The summed E-state index contributed by atoms with van der Waals surface area (Å²) in [5, 5.41) is 2.30. The van der Waals surface area contributed by atoms with E-state index < -0.39 is 17.5 Å². The quantitative estimate of drug-likeness (QED) is 0.655. The fourth-order valence-electron chi connectivity index (χ4n) is 1.34. The molecule has 3 nitrogen and oxygen atoms in total. The average molecular weight is 375 g/mol. The Morgan fingerprint density at radius 2 is 2.05 bits per heavy atom. The first-order valence-corrected chi connectivity index (χ1v) is 6.32. The van der Waals surface area contributed by atoms with E-state index in [-0.39, 0.29) is 5.69 Å². The van der Waals surface area contributed by atoms with Crippen LogP contribution in [-0.4, -0.2) is 5.91 Å². The van der Waals surface area contributed by atoms with E-state index in [0.717, 1.165) is 12.1 Å². The summed E-state index contributed by atoms with van der Waals surface area (Å²) in [6.45, 7) is 0. The third kappa shape index (κ3) is 3.88. The number of benzene rings is 1. The monoisotopic (exact) mass is 375 g/mol. The molecule has 98 valence electrons. The van der Waals surface area contributed by atoms with Gasteiger partial charge in [-0.1, -0.05) is 0 Å². The number of carbonyl (C=O) groups is 1. The summed E-state index contributed by atoms with van der Waals surface area (Å²) in [4.78, 5) is 11.5. The minimum absolute atomic E-state index is 0.0786. The average Bonchev–Trinajstić information content (AvgIpc) is 2.76. The highest BCUT2D eigenvalue weighted by molar-refractivity contribution is 14.1. The van der Waals surface area contributed by atoms with Gasteiger partial charge in [0.05, 0.1) is 5.69 Å². The van der Waals surface area contributed by atoms with E-state index in [1.807, 2.05) is 22.6 Å². The van der Waals surface area contributed by atoms with Crippen LogP contribution in [0.3, 0.4) is 0 Å². The number of halogens is 3. The van der Waals surface area contributed by atoms with Crippen LogP contribution in [0, 0.1) is 15.4 Å². The molecular formula is C13H8F2INO2. The first-order valence-electron chi connectivity index (χ1n) is 5.24. The molecule has 0 atom stereocenters. The number of rotatable bonds is 3. The molecule has 0 bridgehead atoms. The molecular weight excluding hydrogens is 367 g/mol. The molecule has 0 spiro atoms. The zero-order chi connectivity index (χ0) is 13.8. The number of hydrogen-bond acceptors (Lipinski definition) is 2. The summed E-state index contributed by atoms with van der Waals surface area (Å²) in [5.74, 6) is -1.54. The molecule has 0 aliphatic carbocycles. The van der Waals surface area contributed by atoms with Crippen molar-refractivity contribution in [1.82, 2.24) is 0 Å². The maximum absolute atomic E-state index is 13.3. The lowest BCUT2D eigenvalue weighted by Gasteiger charge is -2.03. The topological polar surface area (TPSA) is 42.2 Å². The van der Waals surface area contributed by atoms with Crippen LogP contribution in [0.1, 0.15) is 5.76 Å². The Labute approximate surface area is 121 Å². The Morgan fingerprint density at radius 1 is 1.26 bits per heavy atom. The highest BCUT2D eigenvalue weighted by atomic mass is 127. The van der Waals surface area contributed by atoms with Gasteiger partial charge in [-0.3, -0.25) is 4.79 Å². The van der Waals surface area contributed by atoms with Gasteiger partial charge in [0, 0.05) is 12.1 Å². The van der Waals surface area contributed by atoms with E-state index in [0.29, 0.717) is 15.6 Å². The standard InChI is InChI=1S/C13H8F2INO2/c14-8-1-4-11(10(15)7-8)17-13(18)6-3-9-2-5-12(16)19-9/h1-7H,(H,17,18). The van der Waals surface area contributed by atoms with Gasteiger partial charge in [0.25, 0.3) is 0 Å². The van der Waals surface area contributed by atoms with Gasteiger partial charge in [-0.15, -0.1) is 0 Å². The normalized spacial score (nSPS) is 10.9. The molecule has 19 heavy (non-hydrogen) atoms. The molecule has 1 aromatic carbocycles. The molecule has 2 aromatic rings. The van der Waals surface area contributed by atoms with Gasteiger partial charge in [-0.2, -0.15) is 0 Å². The summed E-state index contributed by atoms with van der Waals surface area (Å²) in [6.07, 6.45) is 2.66. The van der Waals surface area contributed by atoms with Crippen LogP contribution in [0.2, 0.25) is 0 Å². The minimum atomic E-state index is -0.825. The molecule has 1 amide bonds. The van der Waals surface area contributed by atoms with Gasteiger partial charge in [0.15, 0.2) is 3.77 Å². The number of carbonyl (C=O) groups excluding carboxylic acids is 1. The van der Waals surface area contributed by atoms with Crippen molar-refractivity contribution < 1.29 is 18.0 Å². The summed E-state index contributed by atoms with van der Waals surface area (Å²) in [6, 6.07) is 6.37. The molecule has 0 saturated carbocycles. The molecule has 0 fully saturated rings. The van der Waals surface area contributed by atoms with Crippen LogP contribution >= 0.6 is 22.6 Å². The lowest BCUT2D eigenvalue weighted by molar-refractivity contribution is -0.111. The molecule has 0 saturated heterocycles. The first-order chi connectivity index (χ1) is 9.04. The second-order valence-electron chi connectivity index (χ2n) is 3.59. The second-order valence-corrected chi connectivity index (χ2v) is 4.65. The maximum atomic E-state index is 13.3. The Kier molecular flexibility index (Phi) is 4.31. The predicted molar refractivity (Wildman–Crippen MR) is 75.4 cm³/mol. The molecule has 1 N–H and O–H groups in total. The molecule has 0 aliphatic rings. The van der Waals surface area contributed by atoms with Crippen molar-refractivity contribution in [2.24, 2.45) is 0 Å². The number of nitrogens with one attached hydrogen (secondary N) is 1. The van der Waals surface area contributed by atoms with Crippen molar-refractivity contribution in [1.29, 1.82) is 0 Å². The van der Waals surface area contributed by atoms with Gasteiger partial charge in [0.1, 0.15) is 17.4 Å². The largest absolute Gasteiger partial charge is 0.451 e. The zero-order valence-corrected chi connectivity index (χ0v) is 11.6. The molecule has 1 aromatic heterocycles. The zero-order valence-electron chi connectivity index (χ0n) is 9.49. The van der Waals surface area contributed by atoms with Crippen LogP contribution in [-0.2, 0) is 4.79 Å². The summed E-state index contributed by atoms with van der Waals surface area (Å²) in [7, 11) is 0. The van der Waals surface area contributed by atoms with Crippen molar-refractivity contribution in [2.45, 2.75) is 0 Å². The van der Waals surface area contributed by atoms with Crippen LogP contribution in [0.25, 0.3) is 6.08 Å². The van der Waals surface area contributed by atoms with E-state index in [1.54, 1.807) is 12.1 Å². The van der Waals surface area contributed by atoms with Gasteiger partial charge in [0.2, 0.25) is 5.91 Å². The van der Waals surface area contributed by atoms with Crippen molar-refractivity contribution in [3.05, 3.63) is 57.6 Å². The van der Waals surface area contributed by atoms with Gasteiger partial charge in [-0.05, 0) is 52.9 Å². The van der Waals surface area contributed by atoms with Crippen molar-refractivity contribution in [3.8, 4) is 0 Å². The number of anilines is 1. The SMILES string of the molecule is O=C(C=Cc1ccc(I)o1)Nc1ccc(F)cc1F. The van der Waals surface area contributed by atoms with Crippen molar-refractivity contribution in [2.75, 3.05) is 5.32 Å². The van der Waals surface area contributed by atoms with E-state index in [4.69, 9.17) is 4.42 Å². The molecule has 0 radical (unpaired) electrons. The molecule has 1 heterocycles. The van der Waals surface area contributed by atoms with E-state index >= 15 is 0 Å². The highest BCUT2D eigenvalue weighted by Gasteiger charge is 2.06. The Hall–Kier alpha value is -1.70. The fraction of sp³-hybridized carbons (Fsp3) is 0. The third-order valence-electron chi connectivity index (χ3n) is 2.18. The van der Waals surface area contributed by atoms with E-state index in [9.17, 15) is 13.6 Å². The first kappa shape index (κ1) is 13.7.